The van der Waals surface area contributed by atoms with Gasteiger partial charge in [0.2, 0.25) is 0 Å². The normalized spacial score (nSPS) is 15.2. The number of ether oxygens (including phenoxy) is 1. The molecule has 0 amide bonds. The summed E-state index contributed by atoms with van der Waals surface area (Å²) in [5, 5.41) is 14.7. The number of guanidine groups is 1. The molecule has 1 aromatic carbocycles. The van der Waals surface area contributed by atoms with Gasteiger partial charge >= 0.3 is 5.97 Å². The van der Waals surface area contributed by atoms with Gasteiger partial charge in [0.15, 0.2) is 5.96 Å². The maximum atomic E-state index is 11.3. The molecule has 1 atom stereocenters. The number of methoxy groups -OCH3 is 1. The van der Waals surface area contributed by atoms with Gasteiger partial charge < -0.3 is 20.3 Å². The van der Waals surface area contributed by atoms with Crippen LogP contribution >= 0.6 is 0 Å². The van der Waals surface area contributed by atoms with Crippen molar-refractivity contribution in [1.82, 2.24) is 25.6 Å². The summed E-state index contributed by atoms with van der Waals surface area (Å²) < 4.78 is 6.09. The fourth-order valence-electron chi connectivity index (χ4n) is 3.42. The first kappa shape index (κ1) is 21.6. The molecule has 0 spiro atoms. The first-order valence-electron chi connectivity index (χ1n) is 10.4. The molecule has 1 aliphatic heterocycles. The van der Waals surface area contributed by atoms with Gasteiger partial charge in [0.1, 0.15) is 12.2 Å². The van der Waals surface area contributed by atoms with Gasteiger partial charge in [0.05, 0.1) is 25.9 Å². The summed E-state index contributed by atoms with van der Waals surface area (Å²) in [5.41, 5.74) is 3.18. The molecule has 30 heavy (non-hydrogen) atoms. The number of nitrogens with one attached hydrogen (secondary N) is 2. The second kappa shape index (κ2) is 10.6. The molecule has 0 aliphatic carbocycles. The topological polar surface area (TPSA) is 96.7 Å². The first-order chi connectivity index (χ1) is 14.6. The van der Waals surface area contributed by atoms with Gasteiger partial charge in [0.25, 0.3) is 0 Å². The Morgan fingerprint density at radius 2 is 2.13 bits per heavy atom. The molecular weight excluding hydrogens is 382 g/mol. The molecule has 2 N–H and O–H groups in total. The average Bonchev–Trinajstić information content (AvgIpc) is 3.44. The Hall–Kier alpha value is -3.10. The zero-order valence-corrected chi connectivity index (χ0v) is 18.0. The maximum absolute atomic E-state index is 11.3. The molecule has 0 saturated carbocycles. The van der Waals surface area contributed by atoms with Crippen LogP contribution in [0, 0.1) is 0 Å². The Kier molecular flexibility index (Phi) is 7.64. The van der Waals surface area contributed by atoms with Crippen LogP contribution < -0.4 is 15.5 Å². The van der Waals surface area contributed by atoms with Crippen molar-refractivity contribution in [2.24, 2.45) is 4.99 Å². The largest absolute Gasteiger partial charge is 0.468 e. The number of aromatic nitrogens is 3. The Labute approximate surface area is 177 Å². The van der Waals surface area contributed by atoms with Crippen molar-refractivity contribution in [3.05, 3.63) is 41.7 Å². The minimum absolute atomic E-state index is 0.0376. The number of hydrogen-bond donors (Lipinski definition) is 2. The van der Waals surface area contributed by atoms with Gasteiger partial charge in [-0.15, -0.1) is 5.10 Å². The van der Waals surface area contributed by atoms with E-state index in [2.05, 4.69) is 66.8 Å². The van der Waals surface area contributed by atoms with E-state index >= 15 is 0 Å². The highest BCUT2D eigenvalue weighted by Crippen LogP contribution is 2.23. The SMILES string of the molecule is CCNC(=NCc1cn(CC(=O)OC)nn1)NC(C)c1cccc(N2CCCC2)c1. The number of nitrogens with zero attached hydrogens (tertiary/aromatic N) is 5. The third kappa shape index (κ3) is 5.95. The van der Waals surface area contributed by atoms with Crippen LogP contribution in [-0.2, 0) is 22.6 Å². The van der Waals surface area contributed by atoms with Gasteiger partial charge in [-0.1, -0.05) is 17.3 Å². The summed E-state index contributed by atoms with van der Waals surface area (Å²) in [6, 6.07) is 8.79. The van der Waals surface area contributed by atoms with E-state index < -0.39 is 0 Å². The lowest BCUT2D eigenvalue weighted by molar-refractivity contribution is -0.141. The zero-order chi connectivity index (χ0) is 21.3. The first-order valence-corrected chi connectivity index (χ1v) is 10.4. The lowest BCUT2D eigenvalue weighted by Gasteiger charge is -2.22. The highest BCUT2D eigenvalue weighted by molar-refractivity contribution is 5.80. The minimum atomic E-state index is -0.366. The predicted octanol–water partition coefficient (Wildman–Crippen LogP) is 1.87. The highest BCUT2D eigenvalue weighted by atomic mass is 16.5. The Morgan fingerprint density at radius 1 is 1.33 bits per heavy atom. The van der Waals surface area contributed by atoms with E-state index in [1.165, 1.54) is 35.9 Å². The summed E-state index contributed by atoms with van der Waals surface area (Å²) in [4.78, 5) is 18.4. The quantitative estimate of drug-likeness (QED) is 0.387. The van der Waals surface area contributed by atoms with Crippen molar-refractivity contribution in [2.75, 3.05) is 31.6 Å². The fourth-order valence-corrected chi connectivity index (χ4v) is 3.42. The molecule has 2 heterocycles. The number of benzene rings is 1. The third-order valence-electron chi connectivity index (χ3n) is 5.04. The van der Waals surface area contributed by atoms with Crippen molar-refractivity contribution in [3.8, 4) is 0 Å². The predicted molar refractivity (Wildman–Crippen MR) is 116 cm³/mol. The van der Waals surface area contributed by atoms with Crippen LogP contribution in [0.2, 0.25) is 0 Å². The van der Waals surface area contributed by atoms with E-state index in [9.17, 15) is 4.79 Å². The third-order valence-corrected chi connectivity index (χ3v) is 5.04. The monoisotopic (exact) mass is 413 g/mol. The van der Waals surface area contributed by atoms with Crippen molar-refractivity contribution in [1.29, 1.82) is 0 Å². The molecule has 9 nitrogen and oxygen atoms in total. The van der Waals surface area contributed by atoms with Gasteiger partial charge in [-0.2, -0.15) is 0 Å². The van der Waals surface area contributed by atoms with E-state index in [0.717, 1.165) is 19.6 Å². The van der Waals surface area contributed by atoms with Crippen molar-refractivity contribution in [2.45, 2.75) is 45.8 Å². The van der Waals surface area contributed by atoms with Crippen LogP contribution in [0.15, 0.2) is 35.5 Å². The number of carbonyl (C=O) groups excluding carboxylic acids is 1. The standard InChI is InChI=1S/C21H31N7O2/c1-4-22-21(23-13-18-14-28(26-25-18)15-20(29)30-3)24-16(2)17-8-7-9-19(12-17)27-10-5-6-11-27/h7-9,12,14,16H,4-6,10-11,13,15H2,1-3H3,(H2,22,23,24). The molecule has 1 fully saturated rings. The van der Waals surface area contributed by atoms with Crippen LogP contribution in [0.5, 0.6) is 0 Å². The lowest BCUT2D eigenvalue weighted by Crippen LogP contribution is -2.38. The summed E-state index contributed by atoms with van der Waals surface area (Å²) in [6.45, 7) is 7.57. The number of anilines is 1. The molecule has 162 valence electrons. The Balaban J connectivity index is 1.63. The number of hydrogen-bond acceptors (Lipinski definition) is 6. The van der Waals surface area contributed by atoms with Crippen LogP contribution in [-0.4, -0.2) is 53.7 Å². The molecule has 0 bridgehead atoms. The second-order valence-electron chi connectivity index (χ2n) is 7.33. The summed E-state index contributed by atoms with van der Waals surface area (Å²) in [5.74, 6) is 0.342. The smallest absolute Gasteiger partial charge is 0.327 e. The van der Waals surface area contributed by atoms with Gasteiger partial charge in [-0.05, 0) is 44.4 Å². The van der Waals surface area contributed by atoms with Gasteiger partial charge in [-0.25, -0.2) is 9.67 Å². The van der Waals surface area contributed by atoms with E-state index in [1.54, 1.807) is 6.20 Å². The van der Waals surface area contributed by atoms with Gasteiger partial charge in [-0.3, -0.25) is 4.79 Å². The van der Waals surface area contributed by atoms with E-state index in [1.807, 2.05) is 6.92 Å². The second-order valence-corrected chi connectivity index (χ2v) is 7.33. The summed E-state index contributed by atoms with van der Waals surface area (Å²) in [7, 11) is 1.35. The highest BCUT2D eigenvalue weighted by Gasteiger charge is 2.14. The number of rotatable bonds is 8. The number of esters is 1. The van der Waals surface area contributed by atoms with E-state index in [0.29, 0.717) is 18.2 Å². The lowest BCUT2D eigenvalue weighted by atomic mass is 10.1. The van der Waals surface area contributed by atoms with E-state index in [4.69, 9.17) is 0 Å². The molecule has 2 aromatic rings. The molecule has 0 radical (unpaired) electrons. The maximum Gasteiger partial charge on any atom is 0.327 e. The molecule has 1 aromatic heterocycles. The molecule has 1 saturated heterocycles. The van der Waals surface area contributed by atoms with Gasteiger partial charge in [0, 0.05) is 25.3 Å². The Bertz CT molecular complexity index is 859. The van der Waals surface area contributed by atoms with Crippen molar-refractivity contribution < 1.29 is 9.53 Å². The van der Waals surface area contributed by atoms with Crippen LogP contribution in [0.4, 0.5) is 5.69 Å². The number of carbonyl (C=O) groups is 1. The van der Waals surface area contributed by atoms with Crippen molar-refractivity contribution >= 4 is 17.6 Å². The molecular formula is C21H31N7O2. The van der Waals surface area contributed by atoms with Crippen molar-refractivity contribution in [3.63, 3.8) is 0 Å². The minimum Gasteiger partial charge on any atom is -0.468 e. The zero-order valence-electron chi connectivity index (χ0n) is 18.0. The molecule has 1 unspecified atom stereocenters. The van der Waals surface area contributed by atoms with Crippen LogP contribution in [0.1, 0.15) is 44.0 Å². The van der Waals surface area contributed by atoms with E-state index in [-0.39, 0.29) is 18.6 Å². The fraction of sp³-hybridized carbons (Fsp3) is 0.524. The number of aliphatic imine (C=N–C) groups is 1. The molecule has 3 rings (SSSR count). The van der Waals surface area contributed by atoms with Crippen LogP contribution in [0.3, 0.4) is 0 Å². The Morgan fingerprint density at radius 3 is 2.87 bits per heavy atom. The summed E-state index contributed by atoms with van der Waals surface area (Å²) >= 11 is 0. The average molecular weight is 414 g/mol. The molecule has 9 heteroatoms. The molecule has 1 aliphatic rings. The van der Waals surface area contributed by atoms with Crippen LogP contribution in [0.25, 0.3) is 0 Å². The summed E-state index contributed by atoms with van der Waals surface area (Å²) in [6.07, 6.45) is 4.23.